The molecule has 3 aliphatic rings. The number of hydrogen-bond acceptors (Lipinski definition) is 7. The van der Waals surface area contributed by atoms with Crippen LogP contribution in [-0.2, 0) is 28.0 Å². The summed E-state index contributed by atoms with van der Waals surface area (Å²) in [7, 11) is 0. The number of fused-ring (bicyclic) bond motifs is 1. The molecule has 0 aliphatic carbocycles. The molecule has 0 amide bonds. The van der Waals surface area contributed by atoms with E-state index in [0.29, 0.717) is 18.3 Å². The van der Waals surface area contributed by atoms with Crippen LogP contribution in [-0.4, -0.2) is 48.0 Å². The van der Waals surface area contributed by atoms with Crippen molar-refractivity contribution in [3.05, 3.63) is 41.0 Å². The lowest BCUT2D eigenvalue weighted by molar-refractivity contribution is -0.104. The minimum absolute atomic E-state index is 0.0324. The van der Waals surface area contributed by atoms with E-state index < -0.39 is 5.60 Å². The third kappa shape index (κ3) is 3.79. The summed E-state index contributed by atoms with van der Waals surface area (Å²) in [6.07, 6.45) is 4.69. The Balaban J connectivity index is 1.26. The summed E-state index contributed by atoms with van der Waals surface area (Å²) < 4.78 is 23.2. The molecule has 156 valence electrons. The number of aromatic nitrogens is 2. The first-order chi connectivity index (χ1) is 14.3. The van der Waals surface area contributed by atoms with Gasteiger partial charge in [-0.2, -0.15) is 4.98 Å². The molecule has 0 N–H and O–H groups in total. The third-order valence-electron chi connectivity index (χ3n) is 6.29. The van der Waals surface area contributed by atoms with Gasteiger partial charge in [0, 0.05) is 39.3 Å². The Kier molecular flexibility index (Phi) is 5.28. The van der Waals surface area contributed by atoms with Gasteiger partial charge in [0.25, 0.3) is 5.89 Å². The Morgan fingerprint density at radius 2 is 2.14 bits per heavy atom. The average molecular weight is 399 g/mol. The van der Waals surface area contributed by atoms with Crippen molar-refractivity contribution < 1.29 is 18.7 Å². The molecule has 2 saturated heterocycles. The standard InChI is InChI=1S/C22H29N3O4/c1-2-28-22(21-23-20(24-29-21)19-4-3-12-26-19)8-10-25(11-9-22)15-16-5-6-18-17(14-16)7-13-27-18/h5-6,14,19H,2-4,7-13,15H2,1H3/t19-/m1/s1. The van der Waals surface area contributed by atoms with Crippen LogP contribution in [0, 0.1) is 0 Å². The number of ether oxygens (including phenoxy) is 3. The molecule has 4 heterocycles. The molecule has 2 fully saturated rings. The van der Waals surface area contributed by atoms with Crippen molar-refractivity contribution in [2.45, 2.75) is 57.3 Å². The molecule has 0 radical (unpaired) electrons. The molecular formula is C22H29N3O4. The fraction of sp³-hybridized carbons (Fsp3) is 0.636. The van der Waals surface area contributed by atoms with Crippen molar-refractivity contribution in [1.29, 1.82) is 0 Å². The lowest BCUT2D eigenvalue weighted by Crippen LogP contribution is -2.44. The Morgan fingerprint density at radius 1 is 1.24 bits per heavy atom. The molecule has 7 heteroatoms. The maximum absolute atomic E-state index is 6.21. The zero-order chi connectivity index (χ0) is 19.7. The quantitative estimate of drug-likeness (QED) is 0.737. The lowest BCUT2D eigenvalue weighted by atomic mass is 9.90. The van der Waals surface area contributed by atoms with Gasteiger partial charge in [0.15, 0.2) is 0 Å². The predicted octanol–water partition coefficient (Wildman–Crippen LogP) is 3.38. The topological polar surface area (TPSA) is 69.9 Å². The van der Waals surface area contributed by atoms with E-state index in [2.05, 4.69) is 28.3 Å². The maximum atomic E-state index is 6.21. The van der Waals surface area contributed by atoms with E-state index in [0.717, 1.165) is 70.7 Å². The molecular weight excluding hydrogens is 370 g/mol. The molecule has 1 atom stereocenters. The van der Waals surface area contributed by atoms with Crippen LogP contribution in [0.25, 0.3) is 0 Å². The van der Waals surface area contributed by atoms with Gasteiger partial charge in [-0.25, -0.2) is 0 Å². The van der Waals surface area contributed by atoms with Crippen LogP contribution in [0.15, 0.2) is 22.7 Å². The second-order valence-corrected chi connectivity index (χ2v) is 8.20. The highest BCUT2D eigenvalue weighted by Gasteiger charge is 2.42. The van der Waals surface area contributed by atoms with Crippen LogP contribution < -0.4 is 4.74 Å². The van der Waals surface area contributed by atoms with E-state index in [4.69, 9.17) is 23.7 Å². The van der Waals surface area contributed by atoms with E-state index in [-0.39, 0.29) is 6.10 Å². The normalized spacial score (nSPS) is 23.8. The van der Waals surface area contributed by atoms with Gasteiger partial charge in [0.05, 0.1) is 6.61 Å². The van der Waals surface area contributed by atoms with Gasteiger partial charge in [-0.15, -0.1) is 0 Å². The first kappa shape index (κ1) is 19.0. The van der Waals surface area contributed by atoms with Crippen LogP contribution >= 0.6 is 0 Å². The summed E-state index contributed by atoms with van der Waals surface area (Å²) >= 11 is 0. The first-order valence-electron chi connectivity index (χ1n) is 10.8. The fourth-order valence-electron chi connectivity index (χ4n) is 4.70. The number of benzene rings is 1. The summed E-state index contributed by atoms with van der Waals surface area (Å²) in [6.45, 7) is 7.05. The van der Waals surface area contributed by atoms with Crippen molar-refractivity contribution in [3.63, 3.8) is 0 Å². The molecule has 0 spiro atoms. The minimum atomic E-state index is -0.485. The Morgan fingerprint density at radius 3 is 2.93 bits per heavy atom. The molecule has 0 saturated carbocycles. The molecule has 3 aliphatic heterocycles. The monoisotopic (exact) mass is 399 g/mol. The van der Waals surface area contributed by atoms with Gasteiger partial charge in [0.1, 0.15) is 17.5 Å². The smallest absolute Gasteiger partial charge is 0.259 e. The Hall–Kier alpha value is -1.96. The van der Waals surface area contributed by atoms with Crippen LogP contribution in [0.4, 0.5) is 0 Å². The zero-order valence-electron chi connectivity index (χ0n) is 17.1. The number of nitrogens with zero attached hydrogens (tertiary/aromatic N) is 3. The van der Waals surface area contributed by atoms with Crippen LogP contribution in [0.1, 0.15) is 61.6 Å². The van der Waals surface area contributed by atoms with Gasteiger partial charge < -0.3 is 18.7 Å². The van der Waals surface area contributed by atoms with Gasteiger partial charge in [-0.05, 0) is 49.8 Å². The van der Waals surface area contributed by atoms with E-state index in [1.165, 1.54) is 11.1 Å². The van der Waals surface area contributed by atoms with E-state index in [1.807, 2.05) is 6.92 Å². The highest BCUT2D eigenvalue weighted by atomic mass is 16.5. The summed E-state index contributed by atoms with van der Waals surface area (Å²) in [5, 5.41) is 4.20. The molecule has 0 bridgehead atoms. The van der Waals surface area contributed by atoms with Crippen molar-refractivity contribution >= 4 is 0 Å². The molecule has 1 aromatic carbocycles. The fourth-order valence-corrected chi connectivity index (χ4v) is 4.70. The van der Waals surface area contributed by atoms with Crippen LogP contribution in [0.5, 0.6) is 5.75 Å². The second-order valence-electron chi connectivity index (χ2n) is 8.20. The van der Waals surface area contributed by atoms with Crippen LogP contribution in [0.2, 0.25) is 0 Å². The van der Waals surface area contributed by atoms with Crippen LogP contribution in [0.3, 0.4) is 0 Å². The highest BCUT2D eigenvalue weighted by Crippen LogP contribution is 2.38. The Labute approximate surface area is 171 Å². The summed E-state index contributed by atoms with van der Waals surface area (Å²) in [4.78, 5) is 7.17. The first-order valence-corrected chi connectivity index (χ1v) is 10.8. The molecule has 2 aromatic rings. The molecule has 0 unspecified atom stereocenters. The minimum Gasteiger partial charge on any atom is -0.493 e. The van der Waals surface area contributed by atoms with Gasteiger partial charge in [0.2, 0.25) is 5.82 Å². The predicted molar refractivity (Wildman–Crippen MR) is 106 cm³/mol. The van der Waals surface area contributed by atoms with Crippen molar-refractivity contribution in [1.82, 2.24) is 15.0 Å². The largest absolute Gasteiger partial charge is 0.493 e. The lowest BCUT2D eigenvalue weighted by Gasteiger charge is -2.39. The highest BCUT2D eigenvalue weighted by molar-refractivity contribution is 5.39. The number of rotatable bonds is 6. The van der Waals surface area contributed by atoms with Gasteiger partial charge >= 0.3 is 0 Å². The third-order valence-corrected chi connectivity index (χ3v) is 6.29. The van der Waals surface area contributed by atoms with E-state index in [1.54, 1.807) is 0 Å². The van der Waals surface area contributed by atoms with Gasteiger partial charge in [-0.1, -0.05) is 17.3 Å². The molecule has 29 heavy (non-hydrogen) atoms. The van der Waals surface area contributed by atoms with E-state index >= 15 is 0 Å². The summed E-state index contributed by atoms with van der Waals surface area (Å²) in [5.41, 5.74) is 2.19. The summed E-state index contributed by atoms with van der Waals surface area (Å²) in [6, 6.07) is 6.58. The number of hydrogen-bond donors (Lipinski definition) is 0. The zero-order valence-corrected chi connectivity index (χ0v) is 17.1. The summed E-state index contributed by atoms with van der Waals surface area (Å²) in [5.74, 6) is 2.32. The maximum Gasteiger partial charge on any atom is 0.259 e. The van der Waals surface area contributed by atoms with Gasteiger partial charge in [-0.3, -0.25) is 4.90 Å². The molecule has 1 aromatic heterocycles. The van der Waals surface area contributed by atoms with E-state index in [9.17, 15) is 0 Å². The molecule has 7 nitrogen and oxygen atoms in total. The molecule has 5 rings (SSSR count). The van der Waals surface area contributed by atoms with Crippen molar-refractivity contribution in [2.24, 2.45) is 0 Å². The second kappa shape index (κ2) is 8.05. The Bertz CT molecular complexity index is 838. The van der Waals surface area contributed by atoms with Crippen molar-refractivity contribution in [2.75, 3.05) is 32.9 Å². The number of piperidine rings is 1. The SMILES string of the molecule is CCOC1(c2nc([C@H]3CCCO3)no2)CCN(Cc2ccc3c(c2)CCO3)CC1. The number of likely N-dealkylation sites (tertiary alicyclic amines) is 1. The van der Waals surface area contributed by atoms with Crippen molar-refractivity contribution in [3.8, 4) is 5.75 Å². The average Bonchev–Trinajstić information content (AvgIpc) is 3.50.